The Bertz CT molecular complexity index is 2010. The van der Waals surface area contributed by atoms with Gasteiger partial charge in [0.1, 0.15) is 48.1 Å². The first-order valence-electron chi connectivity index (χ1n) is 24.4. The first kappa shape index (κ1) is 50.5. The van der Waals surface area contributed by atoms with Gasteiger partial charge in [-0.1, -0.05) is 77.6 Å². The van der Waals surface area contributed by atoms with Crippen LogP contribution >= 0.6 is 0 Å². The van der Waals surface area contributed by atoms with Crippen molar-refractivity contribution in [3.05, 3.63) is 41.5 Å². The number of nitrogens with zero attached hydrogens (tertiary/aromatic N) is 2. The molecule has 1 aliphatic carbocycles. The number of ether oxygens (including phenoxy) is 6. The van der Waals surface area contributed by atoms with Gasteiger partial charge in [0, 0.05) is 43.7 Å². The number of aliphatic hydroxyl groups is 1. The van der Waals surface area contributed by atoms with Crippen LogP contribution in [0.1, 0.15) is 143 Å². The van der Waals surface area contributed by atoms with Crippen molar-refractivity contribution in [2.45, 2.75) is 199 Å². The molecule has 6 aliphatic rings. The molecule has 5 heterocycles. The van der Waals surface area contributed by atoms with Crippen molar-refractivity contribution < 1.29 is 67.1 Å². The second kappa shape index (κ2) is 20.7. The molecule has 17 heteroatoms. The minimum absolute atomic E-state index is 0.0192. The van der Waals surface area contributed by atoms with Gasteiger partial charge in [-0.15, -0.1) is 0 Å². The van der Waals surface area contributed by atoms with E-state index in [0.29, 0.717) is 31.2 Å². The number of unbranched alkanes of at least 4 members (excludes halogenated alkanes) is 4. The normalized spacial score (nSPS) is 29.9. The van der Waals surface area contributed by atoms with Gasteiger partial charge >= 0.3 is 23.9 Å². The first-order chi connectivity index (χ1) is 31.8. The van der Waals surface area contributed by atoms with Gasteiger partial charge in [0.05, 0.1) is 19.2 Å². The van der Waals surface area contributed by atoms with Crippen molar-refractivity contribution in [2.24, 2.45) is 10.8 Å². The van der Waals surface area contributed by atoms with Crippen molar-refractivity contribution in [3.63, 3.8) is 0 Å². The zero-order chi connectivity index (χ0) is 48.3. The summed E-state index contributed by atoms with van der Waals surface area (Å²) in [7, 11) is 0. The van der Waals surface area contributed by atoms with E-state index in [1.54, 1.807) is 57.7 Å². The summed E-state index contributed by atoms with van der Waals surface area (Å²) >= 11 is 0. The largest absolute Gasteiger partial charge is 0.462 e. The van der Waals surface area contributed by atoms with Crippen LogP contribution in [0.5, 0.6) is 0 Å². The zero-order valence-corrected chi connectivity index (χ0v) is 40.3. The standard InChI is InChI=1S/C50H71N3O14/c1-8-10-12-24-49(25-13-11-9-2)65-38-35-27-50(46(60)52-26-14-15-34(52)43(57)51-33(29-54)21-23-37(56)64-47(3,4)5)40(44(58)62-35)53(67-41(50)39(38)66-49)28-32-18-16-31(17-19-32)20-22-36(55)63-42-45(59)61-30-48(42,6)7/h16-20,22,33-35,38-42,54H,8-15,21,23-30H2,1-7H3,(H,51,57)/t33-,34+,35?,38-,39-,40-,41+,42-,50?/m0/s1. The van der Waals surface area contributed by atoms with Gasteiger partial charge in [0.25, 0.3) is 0 Å². The summed E-state index contributed by atoms with van der Waals surface area (Å²) in [5, 5.41) is 14.6. The fraction of sp³-hybridized carbons (Fsp3) is 0.720. The Morgan fingerprint density at radius 2 is 1.66 bits per heavy atom. The van der Waals surface area contributed by atoms with E-state index in [0.717, 1.165) is 44.1 Å². The van der Waals surface area contributed by atoms with Crippen molar-refractivity contribution in [2.75, 3.05) is 19.8 Å². The smallest absolute Gasteiger partial charge is 0.348 e. The summed E-state index contributed by atoms with van der Waals surface area (Å²) in [6.07, 6.45) is 6.71. The van der Waals surface area contributed by atoms with E-state index < -0.39 is 113 Å². The Kier molecular flexibility index (Phi) is 15.6. The fourth-order valence-corrected chi connectivity index (χ4v) is 10.6. The number of carbonyl (C=O) groups is 6. The van der Waals surface area contributed by atoms with Crippen LogP contribution in [-0.2, 0) is 68.6 Å². The SMILES string of the molecule is CCCCCC1(CCCCC)O[C@@H]2[C@H]3ON(Cc4ccc(C=CC(=O)O[C@H]5C(=O)OCC5(C)C)cc4)[C@H]4C(=O)OC(CC34C(=O)N3CCC[C@@H]3C(=O)N[C@H](CO)CCC(=O)OC(C)(C)C)[C@@H]2O1. The highest BCUT2D eigenvalue weighted by atomic mass is 16.8. The van der Waals surface area contributed by atoms with Gasteiger partial charge in [0.15, 0.2) is 11.8 Å². The van der Waals surface area contributed by atoms with Crippen LogP contribution in [0.25, 0.3) is 6.08 Å². The van der Waals surface area contributed by atoms with E-state index >= 15 is 4.79 Å². The minimum atomic E-state index is -1.51. The van der Waals surface area contributed by atoms with Crippen molar-refractivity contribution in [1.82, 2.24) is 15.3 Å². The van der Waals surface area contributed by atoms with E-state index in [-0.39, 0.29) is 39.0 Å². The van der Waals surface area contributed by atoms with E-state index in [9.17, 15) is 29.1 Å². The molecule has 7 rings (SSSR count). The summed E-state index contributed by atoms with van der Waals surface area (Å²) in [5.41, 5.74) is -1.42. The molecule has 2 amide bonds. The fourth-order valence-electron chi connectivity index (χ4n) is 10.6. The third-order valence-electron chi connectivity index (χ3n) is 13.9. The molecule has 67 heavy (non-hydrogen) atoms. The van der Waals surface area contributed by atoms with Crippen molar-refractivity contribution in [1.29, 1.82) is 0 Å². The summed E-state index contributed by atoms with van der Waals surface area (Å²) < 4.78 is 36.2. The number of amides is 2. The number of nitrogens with one attached hydrogen (secondary N) is 1. The van der Waals surface area contributed by atoms with Gasteiger partial charge < -0.3 is 43.7 Å². The number of likely N-dealkylation sites (tertiary alicyclic amines) is 1. The van der Waals surface area contributed by atoms with Crippen LogP contribution in [0.2, 0.25) is 0 Å². The number of hydroxylamine groups is 2. The topological polar surface area (TPSA) is 206 Å². The van der Waals surface area contributed by atoms with Gasteiger partial charge in [0.2, 0.25) is 17.9 Å². The maximum atomic E-state index is 15.6. The lowest BCUT2D eigenvalue weighted by Crippen LogP contribution is -2.70. The van der Waals surface area contributed by atoms with Crippen LogP contribution in [0.3, 0.4) is 0 Å². The maximum Gasteiger partial charge on any atom is 0.348 e. The number of carbonyl (C=O) groups excluding carboxylic acids is 6. The Balaban J connectivity index is 1.14. The second-order valence-corrected chi connectivity index (χ2v) is 20.9. The lowest BCUT2D eigenvalue weighted by Gasteiger charge is -2.50. The van der Waals surface area contributed by atoms with Gasteiger partial charge in [-0.2, -0.15) is 5.06 Å². The predicted molar refractivity (Wildman–Crippen MR) is 241 cm³/mol. The molecule has 1 aromatic rings. The van der Waals surface area contributed by atoms with E-state index in [1.165, 1.54) is 11.1 Å². The third-order valence-corrected chi connectivity index (χ3v) is 13.9. The summed E-state index contributed by atoms with van der Waals surface area (Å²) in [4.78, 5) is 90.0. The molecule has 2 N–H and O–H groups in total. The molecule has 0 aromatic heterocycles. The predicted octanol–water partition coefficient (Wildman–Crippen LogP) is 5.23. The molecule has 2 bridgehead atoms. The van der Waals surface area contributed by atoms with Crippen molar-refractivity contribution >= 4 is 41.8 Å². The van der Waals surface area contributed by atoms with Crippen molar-refractivity contribution in [3.8, 4) is 0 Å². The quantitative estimate of drug-likeness (QED) is 0.0744. The first-order valence-corrected chi connectivity index (χ1v) is 24.4. The molecule has 370 valence electrons. The molecule has 2 unspecified atom stereocenters. The Labute approximate surface area is 393 Å². The molecule has 5 saturated heterocycles. The maximum absolute atomic E-state index is 15.6. The highest BCUT2D eigenvalue weighted by Crippen LogP contribution is 2.59. The molecular weight excluding hydrogens is 867 g/mol. The van der Waals surface area contributed by atoms with Crippen LogP contribution in [0.4, 0.5) is 0 Å². The Morgan fingerprint density at radius 3 is 2.28 bits per heavy atom. The summed E-state index contributed by atoms with van der Waals surface area (Å²) in [6, 6.07) is 4.38. The Hall–Kier alpha value is -4.42. The van der Waals surface area contributed by atoms with Gasteiger partial charge in [-0.05, 0) is 70.1 Å². The van der Waals surface area contributed by atoms with E-state index in [4.69, 9.17) is 33.3 Å². The van der Waals surface area contributed by atoms with Gasteiger partial charge in [-0.25, -0.2) is 9.59 Å². The molecule has 0 radical (unpaired) electrons. The van der Waals surface area contributed by atoms with Crippen LogP contribution in [0, 0.1) is 10.8 Å². The highest BCUT2D eigenvalue weighted by Gasteiger charge is 2.77. The average Bonchev–Trinajstić information content (AvgIpc) is 4.06. The molecule has 9 atom stereocenters. The highest BCUT2D eigenvalue weighted by molar-refractivity contribution is 5.97. The summed E-state index contributed by atoms with van der Waals surface area (Å²) in [6.45, 7) is 13.2. The molecule has 0 spiro atoms. The van der Waals surface area contributed by atoms with E-state index in [2.05, 4.69) is 19.2 Å². The minimum Gasteiger partial charge on any atom is -0.462 e. The number of hydrogen-bond acceptors (Lipinski definition) is 15. The number of aliphatic hydroxyl groups excluding tert-OH is 1. The second-order valence-electron chi connectivity index (χ2n) is 20.9. The average molecular weight is 938 g/mol. The number of cyclic esters (lactones) is 1. The number of benzene rings is 1. The zero-order valence-electron chi connectivity index (χ0n) is 40.3. The number of rotatable bonds is 20. The lowest BCUT2D eigenvalue weighted by molar-refractivity contribution is -0.225. The molecule has 5 aliphatic heterocycles. The number of esters is 4. The number of fused-ring (bicyclic) bond motifs is 4. The molecule has 6 fully saturated rings. The van der Waals surface area contributed by atoms with Gasteiger partial charge in [-0.3, -0.25) is 24.0 Å². The molecule has 17 nitrogen and oxygen atoms in total. The monoisotopic (exact) mass is 937 g/mol. The molecular formula is C50H71N3O14. The van der Waals surface area contributed by atoms with Crippen LogP contribution in [0.15, 0.2) is 30.3 Å². The summed E-state index contributed by atoms with van der Waals surface area (Å²) in [5.74, 6) is -4.16. The lowest BCUT2D eigenvalue weighted by atomic mass is 9.62. The Morgan fingerprint density at radius 1 is 0.970 bits per heavy atom. The third kappa shape index (κ3) is 10.9. The van der Waals surface area contributed by atoms with E-state index in [1.807, 2.05) is 12.1 Å². The van der Waals surface area contributed by atoms with Crippen LogP contribution < -0.4 is 5.32 Å². The van der Waals surface area contributed by atoms with Crippen LogP contribution in [-0.4, -0.2) is 131 Å². The molecule has 1 aromatic carbocycles. The number of hydrogen-bond donors (Lipinski definition) is 2. The molecule has 1 saturated carbocycles.